The Morgan fingerprint density at radius 1 is 1.00 bits per heavy atom. The van der Waals surface area contributed by atoms with Crippen LogP contribution in [0.1, 0.15) is 20.3 Å². The fourth-order valence-corrected chi connectivity index (χ4v) is 2.17. The molecule has 0 aliphatic rings. The zero-order valence-electron chi connectivity index (χ0n) is 14.5. The van der Waals surface area contributed by atoms with Gasteiger partial charge < -0.3 is 20.1 Å². The van der Waals surface area contributed by atoms with Gasteiger partial charge in [0.1, 0.15) is 17.9 Å². The van der Waals surface area contributed by atoms with E-state index in [1.54, 1.807) is 49.6 Å². The molecular formula is C19H22N2O4. The van der Waals surface area contributed by atoms with Crippen molar-refractivity contribution >= 4 is 23.2 Å². The van der Waals surface area contributed by atoms with Crippen molar-refractivity contribution in [1.82, 2.24) is 0 Å². The van der Waals surface area contributed by atoms with Crippen LogP contribution in [0.4, 0.5) is 11.4 Å². The number of hydrogen-bond acceptors (Lipinski definition) is 4. The maximum Gasteiger partial charge on any atom is 0.233 e. The summed E-state index contributed by atoms with van der Waals surface area (Å²) in [4.78, 5) is 24.2. The Bertz CT molecular complexity index is 744. The van der Waals surface area contributed by atoms with Crippen LogP contribution in [0.2, 0.25) is 0 Å². The third kappa shape index (κ3) is 5.84. The summed E-state index contributed by atoms with van der Waals surface area (Å²) in [6, 6.07) is 14.1. The minimum Gasteiger partial charge on any atom is -0.497 e. The monoisotopic (exact) mass is 342 g/mol. The van der Waals surface area contributed by atoms with Gasteiger partial charge in [-0.15, -0.1) is 0 Å². The van der Waals surface area contributed by atoms with Crippen molar-refractivity contribution in [3.63, 3.8) is 0 Å². The number of benzene rings is 2. The van der Waals surface area contributed by atoms with E-state index in [9.17, 15) is 9.59 Å². The average Bonchev–Trinajstić information content (AvgIpc) is 2.56. The topological polar surface area (TPSA) is 76.7 Å². The molecule has 0 spiro atoms. The lowest BCUT2D eigenvalue weighted by molar-refractivity contribution is -0.123. The number of anilines is 2. The van der Waals surface area contributed by atoms with E-state index in [1.165, 1.54) is 0 Å². The van der Waals surface area contributed by atoms with E-state index in [0.717, 1.165) is 0 Å². The summed E-state index contributed by atoms with van der Waals surface area (Å²) >= 11 is 0. The zero-order chi connectivity index (χ0) is 18.2. The number of carbonyl (C=O) groups excluding carboxylic acids is 2. The largest absolute Gasteiger partial charge is 0.497 e. The van der Waals surface area contributed by atoms with E-state index < -0.39 is 11.8 Å². The maximum absolute atomic E-state index is 12.1. The highest BCUT2D eigenvalue weighted by Gasteiger charge is 2.13. The standard InChI is InChI=1S/C19H22N2O4/c1-13(2)25-17-10-5-4-9-16(17)21-19(23)12-18(22)20-14-7-6-8-15(11-14)24-3/h4-11,13H,12H2,1-3H3,(H,20,22)(H,21,23). The first-order chi connectivity index (χ1) is 12.0. The predicted octanol–water partition coefficient (Wildman–Crippen LogP) is 3.45. The van der Waals surface area contributed by atoms with E-state index >= 15 is 0 Å². The summed E-state index contributed by atoms with van der Waals surface area (Å²) in [7, 11) is 1.55. The number of rotatable bonds is 7. The van der Waals surface area contributed by atoms with Crippen molar-refractivity contribution in [1.29, 1.82) is 0 Å². The van der Waals surface area contributed by atoms with Crippen molar-refractivity contribution in [2.45, 2.75) is 26.4 Å². The second-order valence-electron chi connectivity index (χ2n) is 5.67. The van der Waals surface area contributed by atoms with Gasteiger partial charge in [-0.2, -0.15) is 0 Å². The molecule has 2 amide bonds. The molecule has 0 heterocycles. The fraction of sp³-hybridized carbons (Fsp3) is 0.263. The normalized spacial score (nSPS) is 10.2. The molecule has 2 aromatic rings. The predicted molar refractivity (Wildman–Crippen MR) is 97.1 cm³/mol. The van der Waals surface area contributed by atoms with E-state index in [4.69, 9.17) is 9.47 Å². The van der Waals surface area contributed by atoms with E-state index in [0.29, 0.717) is 22.9 Å². The molecule has 0 unspecified atom stereocenters. The van der Waals surface area contributed by atoms with Gasteiger partial charge in [-0.3, -0.25) is 9.59 Å². The maximum atomic E-state index is 12.1. The molecule has 0 bridgehead atoms. The SMILES string of the molecule is COc1cccc(NC(=O)CC(=O)Nc2ccccc2OC(C)C)c1. The molecule has 6 nitrogen and oxygen atoms in total. The van der Waals surface area contributed by atoms with Crippen LogP contribution in [0.5, 0.6) is 11.5 Å². The minimum absolute atomic E-state index is 0.0191. The van der Waals surface area contributed by atoms with Gasteiger partial charge in [0.25, 0.3) is 0 Å². The van der Waals surface area contributed by atoms with Gasteiger partial charge in [0.2, 0.25) is 11.8 Å². The highest BCUT2D eigenvalue weighted by atomic mass is 16.5. The number of amides is 2. The fourth-order valence-electron chi connectivity index (χ4n) is 2.17. The molecule has 2 aromatic carbocycles. The number of methoxy groups -OCH3 is 1. The molecule has 0 fully saturated rings. The molecule has 132 valence electrons. The molecule has 25 heavy (non-hydrogen) atoms. The van der Waals surface area contributed by atoms with Crippen LogP contribution >= 0.6 is 0 Å². The van der Waals surface area contributed by atoms with E-state index in [2.05, 4.69) is 10.6 Å². The average molecular weight is 342 g/mol. The zero-order valence-corrected chi connectivity index (χ0v) is 14.5. The van der Waals surface area contributed by atoms with Crippen LogP contribution in [0.3, 0.4) is 0 Å². The molecule has 2 rings (SSSR count). The summed E-state index contributed by atoms with van der Waals surface area (Å²) < 4.78 is 10.7. The Hall–Kier alpha value is -3.02. The number of carbonyl (C=O) groups is 2. The third-order valence-electron chi connectivity index (χ3n) is 3.20. The van der Waals surface area contributed by atoms with Gasteiger partial charge >= 0.3 is 0 Å². The molecule has 0 aliphatic carbocycles. The molecule has 0 saturated heterocycles. The molecular weight excluding hydrogens is 320 g/mol. The Morgan fingerprint density at radius 3 is 2.44 bits per heavy atom. The molecule has 0 aromatic heterocycles. The van der Waals surface area contributed by atoms with Crippen molar-refractivity contribution < 1.29 is 19.1 Å². The summed E-state index contributed by atoms with van der Waals surface area (Å²) in [5, 5.41) is 5.37. The quantitative estimate of drug-likeness (QED) is 0.756. The number of ether oxygens (including phenoxy) is 2. The summed E-state index contributed by atoms with van der Waals surface area (Å²) in [6.07, 6.45) is -0.317. The van der Waals surface area contributed by atoms with Gasteiger partial charge in [0.15, 0.2) is 0 Å². The van der Waals surface area contributed by atoms with Crippen LogP contribution in [-0.2, 0) is 9.59 Å². The lowest BCUT2D eigenvalue weighted by atomic mass is 10.2. The Labute approximate surface area is 147 Å². The Kier molecular flexibility index (Phi) is 6.39. The van der Waals surface area contributed by atoms with Crippen molar-refractivity contribution in [3.8, 4) is 11.5 Å². The highest BCUT2D eigenvalue weighted by molar-refractivity contribution is 6.08. The lowest BCUT2D eigenvalue weighted by Crippen LogP contribution is -2.22. The summed E-state index contributed by atoms with van der Waals surface area (Å²) in [5.41, 5.74) is 1.11. The molecule has 0 atom stereocenters. The van der Waals surface area contributed by atoms with Crippen molar-refractivity contribution in [2.75, 3.05) is 17.7 Å². The second-order valence-corrected chi connectivity index (χ2v) is 5.67. The highest BCUT2D eigenvalue weighted by Crippen LogP contribution is 2.25. The summed E-state index contributed by atoms with van der Waals surface area (Å²) in [6.45, 7) is 3.81. The Balaban J connectivity index is 1.94. The van der Waals surface area contributed by atoms with Gasteiger partial charge in [-0.05, 0) is 38.1 Å². The van der Waals surface area contributed by atoms with Crippen LogP contribution < -0.4 is 20.1 Å². The smallest absolute Gasteiger partial charge is 0.233 e. The van der Waals surface area contributed by atoms with Crippen LogP contribution in [-0.4, -0.2) is 25.0 Å². The van der Waals surface area contributed by atoms with E-state index in [-0.39, 0.29) is 12.5 Å². The first-order valence-electron chi connectivity index (χ1n) is 7.97. The molecule has 0 saturated carbocycles. The molecule has 0 radical (unpaired) electrons. The van der Waals surface area contributed by atoms with Crippen LogP contribution in [0.15, 0.2) is 48.5 Å². The number of para-hydroxylation sites is 2. The molecule has 0 aliphatic heterocycles. The van der Waals surface area contributed by atoms with E-state index in [1.807, 2.05) is 19.9 Å². The summed E-state index contributed by atoms with van der Waals surface area (Å²) in [5.74, 6) is 0.370. The van der Waals surface area contributed by atoms with Gasteiger partial charge in [-0.25, -0.2) is 0 Å². The first-order valence-corrected chi connectivity index (χ1v) is 7.97. The molecule has 2 N–H and O–H groups in total. The van der Waals surface area contributed by atoms with Crippen molar-refractivity contribution in [2.24, 2.45) is 0 Å². The van der Waals surface area contributed by atoms with Gasteiger partial charge in [0, 0.05) is 11.8 Å². The van der Waals surface area contributed by atoms with Crippen molar-refractivity contribution in [3.05, 3.63) is 48.5 Å². The number of hydrogen-bond donors (Lipinski definition) is 2. The van der Waals surface area contributed by atoms with Gasteiger partial charge in [0.05, 0.1) is 18.9 Å². The number of nitrogens with one attached hydrogen (secondary N) is 2. The van der Waals surface area contributed by atoms with Crippen LogP contribution in [0, 0.1) is 0 Å². The van der Waals surface area contributed by atoms with Crippen LogP contribution in [0.25, 0.3) is 0 Å². The lowest BCUT2D eigenvalue weighted by Gasteiger charge is -2.14. The second kappa shape index (κ2) is 8.73. The third-order valence-corrected chi connectivity index (χ3v) is 3.20. The van der Waals surface area contributed by atoms with Gasteiger partial charge in [-0.1, -0.05) is 18.2 Å². The Morgan fingerprint density at radius 2 is 1.72 bits per heavy atom. The molecule has 6 heteroatoms. The minimum atomic E-state index is -0.416. The first kappa shape index (κ1) is 18.3.